The monoisotopic (exact) mass is 336 g/mol. The van der Waals surface area contributed by atoms with Crippen molar-refractivity contribution in [2.24, 2.45) is 0 Å². The van der Waals surface area contributed by atoms with Gasteiger partial charge in [-0.3, -0.25) is 4.79 Å². The number of carbonyl (C=O) groups excluding carboxylic acids is 1. The van der Waals surface area contributed by atoms with E-state index in [2.05, 4.69) is 5.32 Å². The second-order valence-corrected chi connectivity index (χ2v) is 5.55. The van der Waals surface area contributed by atoms with Crippen LogP contribution in [-0.4, -0.2) is 22.6 Å². The molecule has 0 heterocycles. The highest BCUT2D eigenvalue weighted by Gasteiger charge is 2.31. The van der Waals surface area contributed by atoms with Gasteiger partial charge in [-0.1, -0.05) is 0 Å². The van der Waals surface area contributed by atoms with E-state index in [1.54, 1.807) is 0 Å². The molecule has 5 nitrogen and oxygen atoms in total. The highest BCUT2D eigenvalue weighted by Crippen LogP contribution is 2.31. The molecule has 0 unspecified atom stereocenters. The van der Waals surface area contributed by atoms with Gasteiger partial charge in [0.2, 0.25) is 0 Å². The smallest absolute Gasteiger partial charge is 0.416 e. The second-order valence-electron chi connectivity index (χ2n) is 5.55. The Kier molecular flexibility index (Phi) is 5.57. The first kappa shape index (κ1) is 18.7. The van der Waals surface area contributed by atoms with Crippen LogP contribution in [0.3, 0.4) is 0 Å². The Morgan fingerprint density at radius 2 is 1.83 bits per heavy atom. The summed E-state index contributed by atoms with van der Waals surface area (Å²) >= 11 is 0. The Balaban J connectivity index is 2.79. The number of hydrogen-bond donors (Lipinski definition) is 3. The summed E-state index contributed by atoms with van der Waals surface area (Å²) in [7, 11) is 0. The number of carbonyl (C=O) groups is 2. The average molecular weight is 336 g/mol. The molecule has 23 heavy (non-hydrogen) atoms. The van der Waals surface area contributed by atoms with Crippen LogP contribution in [0.4, 0.5) is 28.0 Å². The van der Waals surface area contributed by atoms with Crippen molar-refractivity contribution in [1.29, 1.82) is 0 Å². The number of amides is 2. The van der Waals surface area contributed by atoms with Gasteiger partial charge in [-0.15, -0.1) is 0 Å². The molecule has 0 fully saturated rings. The van der Waals surface area contributed by atoms with Gasteiger partial charge < -0.3 is 15.7 Å². The second kappa shape index (κ2) is 6.84. The van der Waals surface area contributed by atoms with Gasteiger partial charge in [0.25, 0.3) is 0 Å². The molecule has 3 N–H and O–H groups in total. The zero-order chi connectivity index (χ0) is 17.8. The van der Waals surface area contributed by atoms with E-state index >= 15 is 0 Å². The molecule has 0 saturated carbocycles. The Labute approximate surface area is 129 Å². The lowest BCUT2D eigenvalue weighted by Crippen LogP contribution is -2.45. The maximum Gasteiger partial charge on any atom is 0.416 e. The lowest BCUT2D eigenvalue weighted by molar-refractivity contribution is -0.138. The third kappa shape index (κ3) is 6.13. The largest absolute Gasteiger partial charge is 0.481 e. The van der Waals surface area contributed by atoms with Gasteiger partial charge in [-0.25, -0.2) is 9.18 Å². The van der Waals surface area contributed by atoms with E-state index < -0.39 is 40.8 Å². The summed E-state index contributed by atoms with van der Waals surface area (Å²) in [6.45, 7) is 3.08. The maximum absolute atomic E-state index is 13.5. The minimum Gasteiger partial charge on any atom is -0.481 e. The summed E-state index contributed by atoms with van der Waals surface area (Å²) in [6.07, 6.45) is -4.77. The molecule has 9 heteroatoms. The van der Waals surface area contributed by atoms with E-state index in [1.807, 2.05) is 5.32 Å². The number of carboxylic acids is 1. The van der Waals surface area contributed by atoms with E-state index in [0.717, 1.165) is 0 Å². The zero-order valence-electron chi connectivity index (χ0n) is 12.4. The summed E-state index contributed by atoms with van der Waals surface area (Å²) in [5, 5.41) is 13.0. The highest BCUT2D eigenvalue weighted by molar-refractivity contribution is 5.90. The standard InChI is InChI=1S/C14H16F4N2O3/c1-13(2,6-5-11(21)22)20-12(23)19-10-7-8(14(16,17)18)3-4-9(10)15/h3-4,7H,5-6H2,1-2H3,(H,21,22)(H2,19,20,23). The van der Waals surface area contributed by atoms with E-state index in [9.17, 15) is 27.2 Å². The van der Waals surface area contributed by atoms with Crippen molar-refractivity contribution in [3.05, 3.63) is 29.6 Å². The van der Waals surface area contributed by atoms with Crippen molar-refractivity contribution in [3.63, 3.8) is 0 Å². The van der Waals surface area contributed by atoms with Crippen LogP contribution < -0.4 is 10.6 Å². The van der Waals surface area contributed by atoms with Crippen molar-refractivity contribution in [2.45, 2.75) is 38.4 Å². The number of rotatable bonds is 5. The Morgan fingerprint density at radius 3 is 2.35 bits per heavy atom. The van der Waals surface area contributed by atoms with Gasteiger partial charge in [0.15, 0.2) is 0 Å². The predicted molar refractivity (Wildman–Crippen MR) is 74.5 cm³/mol. The van der Waals surface area contributed by atoms with Crippen LogP contribution in [0.2, 0.25) is 0 Å². The van der Waals surface area contributed by atoms with Gasteiger partial charge in [0.05, 0.1) is 11.3 Å². The molecule has 2 amide bonds. The first-order valence-corrected chi connectivity index (χ1v) is 6.58. The van der Waals surface area contributed by atoms with Crippen LogP contribution in [0.25, 0.3) is 0 Å². The number of carboxylic acid groups (broad SMARTS) is 1. The number of benzene rings is 1. The molecule has 1 aromatic rings. The van der Waals surface area contributed by atoms with Gasteiger partial charge in [-0.2, -0.15) is 13.2 Å². The summed E-state index contributed by atoms with van der Waals surface area (Å²) in [6, 6.07) is 0.723. The lowest BCUT2D eigenvalue weighted by Gasteiger charge is -2.25. The van der Waals surface area contributed by atoms with Gasteiger partial charge >= 0.3 is 18.2 Å². The van der Waals surface area contributed by atoms with Crippen molar-refractivity contribution in [3.8, 4) is 0 Å². The molecule has 0 aliphatic rings. The van der Waals surface area contributed by atoms with E-state index in [4.69, 9.17) is 5.11 Å². The van der Waals surface area contributed by atoms with E-state index in [1.165, 1.54) is 13.8 Å². The summed E-state index contributed by atoms with van der Waals surface area (Å²) < 4.78 is 51.3. The molecule has 0 aliphatic carbocycles. The maximum atomic E-state index is 13.5. The molecule has 1 rings (SSSR count). The number of halogens is 4. The number of anilines is 1. The molecule has 0 atom stereocenters. The SMILES string of the molecule is CC(C)(CCC(=O)O)NC(=O)Nc1cc(C(F)(F)F)ccc1F. The van der Waals surface area contributed by atoms with Crippen LogP contribution in [0.1, 0.15) is 32.3 Å². The number of aliphatic carboxylic acids is 1. The van der Waals surface area contributed by atoms with Crippen molar-refractivity contribution >= 4 is 17.7 Å². The quantitative estimate of drug-likeness (QED) is 0.719. The van der Waals surface area contributed by atoms with E-state index in [-0.39, 0.29) is 12.8 Å². The Bertz CT molecular complexity index is 600. The first-order valence-electron chi connectivity index (χ1n) is 6.58. The van der Waals surface area contributed by atoms with Gasteiger partial charge in [-0.05, 0) is 38.5 Å². The van der Waals surface area contributed by atoms with Crippen LogP contribution in [0.15, 0.2) is 18.2 Å². The number of urea groups is 1. The van der Waals surface area contributed by atoms with Gasteiger partial charge in [0, 0.05) is 12.0 Å². The van der Waals surface area contributed by atoms with Crippen LogP contribution in [-0.2, 0) is 11.0 Å². The van der Waals surface area contributed by atoms with Crippen molar-refractivity contribution < 1.29 is 32.3 Å². The van der Waals surface area contributed by atoms with Gasteiger partial charge in [0.1, 0.15) is 5.82 Å². The normalized spacial score (nSPS) is 11.9. The Morgan fingerprint density at radius 1 is 1.22 bits per heavy atom. The fourth-order valence-corrected chi connectivity index (χ4v) is 1.74. The summed E-state index contributed by atoms with van der Waals surface area (Å²) in [5.74, 6) is -2.07. The van der Waals surface area contributed by atoms with Crippen molar-refractivity contribution in [2.75, 3.05) is 5.32 Å². The number of alkyl halides is 3. The fraction of sp³-hybridized carbons (Fsp3) is 0.429. The Hall–Kier alpha value is -2.32. The molecule has 0 radical (unpaired) electrons. The zero-order valence-corrected chi connectivity index (χ0v) is 12.4. The van der Waals surface area contributed by atoms with Crippen molar-refractivity contribution in [1.82, 2.24) is 5.32 Å². The molecular weight excluding hydrogens is 320 g/mol. The minimum atomic E-state index is -4.67. The van der Waals surface area contributed by atoms with Crippen LogP contribution >= 0.6 is 0 Å². The topological polar surface area (TPSA) is 78.4 Å². The predicted octanol–water partition coefficient (Wildman–Crippen LogP) is 3.61. The average Bonchev–Trinajstić information content (AvgIpc) is 2.37. The fourth-order valence-electron chi connectivity index (χ4n) is 1.74. The third-order valence-corrected chi connectivity index (χ3v) is 2.96. The molecule has 0 spiro atoms. The minimum absolute atomic E-state index is 0.0980. The van der Waals surface area contributed by atoms with Crippen LogP contribution in [0, 0.1) is 5.82 Å². The molecule has 0 saturated heterocycles. The third-order valence-electron chi connectivity index (χ3n) is 2.96. The molecule has 0 bridgehead atoms. The first-order chi connectivity index (χ1) is 10.4. The molecular formula is C14H16F4N2O3. The van der Waals surface area contributed by atoms with E-state index in [0.29, 0.717) is 18.2 Å². The summed E-state index contributed by atoms with van der Waals surface area (Å²) in [5.41, 5.74) is -2.65. The molecule has 1 aromatic carbocycles. The number of hydrogen-bond acceptors (Lipinski definition) is 2. The molecule has 128 valence electrons. The lowest BCUT2D eigenvalue weighted by atomic mass is 9.99. The number of nitrogens with one attached hydrogen (secondary N) is 2. The highest BCUT2D eigenvalue weighted by atomic mass is 19.4. The van der Waals surface area contributed by atoms with Crippen LogP contribution in [0.5, 0.6) is 0 Å². The molecule has 0 aliphatic heterocycles. The molecule has 0 aromatic heterocycles. The summed E-state index contributed by atoms with van der Waals surface area (Å²) in [4.78, 5) is 22.3.